The molecule has 0 aliphatic carbocycles. The number of halogens is 1. The molecule has 2 N–H and O–H groups in total. The minimum absolute atomic E-state index is 0.113. The van der Waals surface area contributed by atoms with E-state index in [2.05, 4.69) is 27.9 Å². The topological polar surface area (TPSA) is 78.9 Å². The zero-order valence-corrected chi connectivity index (χ0v) is 15.3. The SMILES string of the molecule is CC(C)COC(=O)N1CC(O)CC1C(=O)Nc1ccc(I)cc1. The first-order valence-corrected chi connectivity index (χ1v) is 8.62. The van der Waals surface area contributed by atoms with E-state index in [-0.39, 0.29) is 31.4 Å². The molecule has 126 valence electrons. The van der Waals surface area contributed by atoms with Gasteiger partial charge in [0.25, 0.3) is 0 Å². The van der Waals surface area contributed by atoms with Crippen LogP contribution in [-0.2, 0) is 9.53 Å². The molecule has 1 fully saturated rings. The fourth-order valence-corrected chi connectivity index (χ4v) is 2.70. The predicted molar refractivity (Wildman–Crippen MR) is 95.1 cm³/mol. The van der Waals surface area contributed by atoms with Crippen molar-refractivity contribution >= 4 is 40.3 Å². The highest BCUT2D eigenvalue weighted by molar-refractivity contribution is 14.1. The summed E-state index contributed by atoms with van der Waals surface area (Å²) < 4.78 is 6.24. The van der Waals surface area contributed by atoms with Crippen LogP contribution in [0.25, 0.3) is 0 Å². The number of nitrogens with one attached hydrogen (secondary N) is 1. The van der Waals surface area contributed by atoms with Crippen LogP contribution < -0.4 is 5.32 Å². The third kappa shape index (κ3) is 5.07. The Morgan fingerprint density at radius 2 is 2.04 bits per heavy atom. The Kier molecular flexibility index (Phi) is 6.23. The molecule has 2 unspecified atom stereocenters. The Balaban J connectivity index is 2.01. The van der Waals surface area contributed by atoms with Gasteiger partial charge in [0.15, 0.2) is 0 Å². The van der Waals surface area contributed by atoms with E-state index in [1.165, 1.54) is 4.90 Å². The van der Waals surface area contributed by atoms with Crippen molar-refractivity contribution < 1.29 is 19.4 Å². The summed E-state index contributed by atoms with van der Waals surface area (Å²) in [4.78, 5) is 25.8. The van der Waals surface area contributed by atoms with Crippen LogP contribution in [0, 0.1) is 9.49 Å². The van der Waals surface area contributed by atoms with Crippen LogP contribution in [0.2, 0.25) is 0 Å². The molecule has 2 atom stereocenters. The van der Waals surface area contributed by atoms with E-state index in [9.17, 15) is 14.7 Å². The van der Waals surface area contributed by atoms with E-state index in [0.717, 1.165) is 3.57 Å². The van der Waals surface area contributed by atoms with Crippen molar-refractivity contribution in [1.82, 2.24) is 4.90 Å². The Morgan fingerprint density at radius 3 is 2.65 bits per heavy atom. The minimum Gasteiger partial charge on any atom is -0.449 e. The number of carbonyl (C=O) groups excluding carboxylic acids is 2. The van der Waals surface area contributed by atoms with Crippen LogP contribution in [0.1, 0.15) is 20.3 Å². The molecule has 1 aliphatic rings. The number of aliphatic hydroxyl groups is 1. The van der Waals surface area contributed by atoms with E-state index in [0.29, 0.717) is 5.69 Å². The summed E-state index contributed by atoms with van der Waals surface area (Å²) in [7, 11) is 0. The van der Waals surface area contributed by atoms with Crippen molar-refractivity contribution in [2.45, 2.75) is 32.4 Å². The number of likely N-dealkylation sites (tertiary alicyclic amines) is 1. The highest BCUT2D eigenvalue weighted by Gasteiger charge is 2.39. The lowest BCUT2D eigenvalue weighted by Gasteiger charge is -2.23. The molecule has 1 aliphatic heterocycles. The monoisotopic (exact) mass is 432 g/mol. The van der Waals surface area contributed by atoms with Gasteiger partial charge < -0.3 is 15.2 Å². The summed E-state index contributed by atoms with van der Waals surface area (Å²) in [6.45, 7) is 4.28. The molecule has 1 aromatic rings. The van der Waals surface area contributed by atoms with Gasteiger partial charge in [-0.05, 0) is 52.8 Å². The molecule has 2 rings (SSSR count). The third-order valence-corrected chi connectivity index (χ3v) is 4.19. The number of ether oxygens (including phenoxy) is 1. The lowest BCUT2D eigenvalue weighted by atomic mass is 10.2. The zero-order valence-electron chi connectivity index (χ0n) is 13.2. The molecule has 1 saturated heterocycles. The average molecular weight is 432 g/mol. The number of benzene rings is 1. The van der Waals surface area contributed by atoms with E-state index in [4.69, 9.17) is 4.74 Å². The Bertz CT molecular complexity index is 562. The number of hydrogen-bond acceptors (Lipinski definition) is 4. The van der Waals surface area contributed by atoms with Gasteiger partial charge in [-0.25, -0.2) is 4.79 Å². The summed E-state index contributed by atoms with van der Waals surface area (Å²) in [6.07, 6.45) is -1.06. The first-order valence-electron chi connectivity index (χ1n) is 7.54. The van der Waals surface area contributed by atoms with Gasteiger partial charge in [0.2, 0.25) is 5.91 Å². The van der Waals surface area contributed by atoms with Crippen molar-refractivity contribution in [1.29, 1.82) is 0 Å². The van der Waals surface area contributed by atoms with Gasteiger partial charge in [-0.2, -0.15) is 0 Å². The number of rotatable bonds is 4. The van der Waals surface area contributed by atoms with Gasteiger partial charge in [-0.1, -0.05) is 13.8 Å². The third-order valence-electron chi connectivity index (χ3n) is 3.47. The van der Waals surface area contributed by atoms with Gasteiger partial charge in [-0.3, -0.25) is 9.69 Å². The van der Waals surface area contributed by atoms with Gasteiger partial charge >= 0.3 is 6.09 Å². The minimum atomic E-state index is -0.719. The van der Waals surface area contributed by atoms with Crippen molar-refractivity contribution in [2.75, 3.05) is 18.5 Å². The van der Waals surface area contributed by atoms with Gasteiger partial charge in [-0.15, -0.1) is 0 Å². The quantitative estimate of drug-likeness (QED) is 0.717. The second-order valence-corrected chi connectivity index (χ2v) is 7.27. The lowest BCUT2D eigenvalue weighted by Crippen LogP contribution is -2.43. The van der Waals surface area contributed by atoms with E-state index in [1.54, 1.807) is 12.1 Å². The van der Waals surface area contributed by atoms with Crippen LogP contribution in [0.5, 0.6) is 0 Å². The first-order chi connectivity index (χ1) is 10.9. The number of carbonyl (C=O) groups is 2. The summed E-state index contributed by atoms with van der Waals surface area (Å²) >= 11 is 2.18. The van der Waals surface area contributed by atoms with E-state index in [1.807, 2.05) is 26.0 Å². The highest BCUT2D eigenvalue weighted by atomic mass is 127. The molecule has 0 saturated carbocycles. The molecule has 1 heterocycles. The molecule has 0 bridgehead atoms. The maximum atomic E-state index is 12.4. The summed E-state index contributed by atoms with van der Waals surface area (Å²) in [5.41, 5.74) is 0.660. The van der Waals surface area contributed by atoms with Crippen LogP contribution in [-0.4, -0.2) is 47.3 Å². The lowest BCUT2D eigenvalue weighted by molar-refractivity contribution is -0.120. The molecular weight excluding hydrogens is 411 g/mol. The number of amides is 2. The summed E-state index contributed by atoms with van der Waals surface area (Å²) in [5.74, 6) is -0.102. The van der Waals surface area contributed by atoms with Crippen LogP contribution in [0.3, 0.4) is 0 Å². The largest absolute Gasteiger partial charge is 0.449 e. The van der Waals surface area contributed by atoms with E-state index >= 15 is 0 Å². The highest BCUT2D eigenvalue weighted by Crippen LogP contribution is 2.21. The van der Waals surface area contributed by atoms with Crippen molar-refractivity contribution in [3.63, 3.8) is 0 Å². The van der Waals surface area contributed by atoms with Gasteiger partial charge in [0.1, 0.15) is 6.04 Å². The average Bonchev–Trinajstić information content (AvgIpc) is 2.89. The number of hydrogen-bond donors (Lipinski definition) is 2. The molecule has 6 nitrogen and oxygen atoms in total. The number of anilines is 1. The first kappa shape index (κ1) is 18.0. The Morgan fingerprint density at radius 1 is 1.39 bits per heavy atom. The fraction of sp³-hybridized carbons (Fsp3) is 0.500. The smallest absolute Gasteiger partial charge is 0.410 e. The maximum absolute atomic E-state index is 12.4. The van der Waals surface area contributed by atoms with Gasteiger partial charge in [0, 0.05) is 15.7 Å². The molecule has 0 spiro atoms. The van der Waals surface area contributed by atoms with Gasteiger partial charge in [0.05, 0.1) is 19.3 Å². The summed E-state index contributed by atoms with van der Waals surface area (Å²) in [6, 6.07) is 6.64. The predicted octanol–water partition coefficient (Wildman–Crippen LogP) is 2.46. The molecular formula is C16H21IN2O4. The second kappa shape index (κ2) is 7.96. The van der Waals surface area contributed by atoms with Crippen LogP contribution >= 0.6 is 22.6 Å². The van der Waals surface area contributed by atoms with E-state index < -0.39 is 18.2 Å². The summed E-state index contributed by atoms with van der Waals surface area (Å²) in [5, 5.41) is 12.6. The van der Waals surface area contributed by atoms with Crippen LogP contribution in [0.4, 0.5) is 10.5 Å². The van der Waals surface area contributed by atoms with Crippen molar-refractivity contribution in [3.8, 4) is 0 Å². The Hall–Kier alpha value is -1.35. The molecule has 2 amide bonds. The standard InChI is InChI=1S/C16H21IN2O4/c1-10(2)9-23-16(22)19-8-13(20)7-14(19)15(21)18-12-5-3-11(17)4-6-12/h3-6,10,13-14,20H,7-9H2,1-2H3,(H,18,21). The normalized spacial score (nSPS) is 20.7. The van der Waals surface area contributed by atoms with Crippen molar-refractivity contribution in [3.05, 3.63) is 27.8 Å². The molecule has 23 heavy (non-hydrogen) atoms. The number of nitrogens with zero attached hydrogens (tertiary/aromatic N) is 1. The second-order valence-electron chi connectivity index (χ2n) is 6.02. The van der Waals surface area contributed by atoms with Crippen LogP contribution in [0.15, 0.2) is 24.3 Å². The Labute approximate surface area is 149 Å². The maximum Gasteiger partial charge on any atom is 0.410 e. The molecule has 0 radical (unpaired) electrons. The zero-order chi connectivity index (χ0) is 17.0. The number of β-amino-alcohol motifs (C(OH)–C–C–N with tert-alkyl or cyclic N) is 1. The molecule has 1 aromatic carbocycles. The number of aliphatic hydroxyl groups excluding tert-OH is 1. The molecule has 0 aromatic heterocycles. The molecule has 7 heteroatoms. The van der Waals surface area contributed by atoms with Crippen molar-refractivity contribution in [2.24, 2.45) is 5.92 Å². The fourth-order valence-electron chi connectivity index (χ4n) is 2.34.